The van der Waals surface area contributed by atoms with Crippen molar-refractivity contribution in [3.8, 4) is 0 Å². The van der Waals surface area contributed by atoms with Gasteiger partial charge in [0.2, 0.25) is 0 Å². The largest absolute Gasteiger partial charge is 0.409 e. The van der Waals surface area contributed by atoms with Gasteiger partial charge in [0.05, 0.1) is 0 Å². The Morgan fingerprint density at radius 1 is 1.11 bits per heavy atom. The second-order valence-electron chi connectivity index (χ2n) is 8.75. The zero-order valence-electron chi connectivity index (χ0n) is 20.1. The van der Waals surface area contributed by atoms with Gasteiger partial charge >= 0.3 is 0 Å². The van der Waals surface area contributed by atoms with Crippen LogP contribution >= 0.6 is 0 Å². The van der Waals surface area contributed by atoms with E-state index in [9.17, 15) is 4.79 Å². The molecule has 180 valence electrons. The maximum Gasteiger partial charge on any atom is 0.267 e. The summed E-state index contributed by atoms with van der Waals surface area (Å²) >= 11 is 0. The minimum Gasteiger partial charge on any atom is -0.409 e. The third kappa shape index (κ3) is 5.35. The molecule has 1 atom stereocenters. The SMILES string of the molecule is CCC(C)c1cccc2c1cc(C(=O)NCCc1ccncc1)n2Cc1cccc(/C(N)=N/O)c1. The van der Waals surface area contributed by atoms with Gasteiger partial charge < -0.3 is 20.8 Å². The molecular formula is C28H31N5O2. The first kappa shape index (κ1) is 24.0. The van der Waals surface area contributed by atoms with E-state index in [2.05, 4.69) is 47.5 Å². The van der Waals surface area contributed by atoms with Gasteiger partial charge in [0.1, 0.15) is 5.69 Å². The first-order valence-corrected chi connectivity index (χ1v) is 11.9. The van der Waals surface area contributed by atoms with E-state index in [1.807, 2.05) is 41.0 Å². The van der Waals surface area contributed by atoms with Crippen LogP contribution in [0.15, 0.2) is 78.2 Å². The van der Waals surface area contributed by atoms with Crippen LogP contribution in [0.3, 0.4) is 0 Å². The van der Waals surface area contributed by atoms with E-state index in [1.165, 1.54) is 5.56 Å². The Kier molecular flexibility index (Phi) is 7.45. The third-order valence-electron chi connectivity index (χ3n) is 6.48. The van der Waals surface area contributed by atoms with Crippen LogP contribution in [0.25, 0.3) is 10.9 Å². The number of hydrogen-bond donors (Lipinski definition) is 3. The van der Waals surface area contributed by atoms with E-state index >= 15 is 0 Å². The fourth-order valence-corrected chi connectivity index (χ4v) is 4.35. The average Bonchev–Trinajstić information content (AvgIpc) is 3.27. The van der Waals surface area contributed by atoms with Crippen molar-refractivity contribution in [1.29, 1.82) is 0 Å². The molecule has 0 aliphatic rings. The van der Waals surface area contributed by atoms with Crippen molar-refractivity contribution in [2.24, 2.45) is 10.9 Å². The van der Waals surface area contributed by atoms with Crippen LogP contribution in [0.2, 0.25) is 0 Å². The molecule has 0 radical (unpaired) electrons. The quantitative estimate of drug-likeness (QED) is 0.143. The minimum absolute atomic E-state index is 0.0531. The maximum atomic E-state index is 13.4. The molecule has 1 amide bonds. The van der Waals surface area contributed by atoms with Gasteiger partial charge in [-0.15, -0.1) is 0 Å². The number of carbonyl (C=O) groups is 1. The number of pyridine rings is 1. The number of nitrogens with zero attached hydrogens (tertiary/aromatic N) is 3. The number of oxime groups is 1. The molecule has 0 fully saturated rings. The summed E-state index contributed by atoms with van der Waals surface area (Å²) in [5, 5.41) is 16.4. The molecule has 7 heteroatoms. The molecule has 0 spiro atoms. The number of nitrogens with one attached hydrogen (secondary N) is 1. The van der Waals surface area contributed by atoms with E-state index in [0.717, 1.165) is 34.9 Å². The summed E-state index contributed by atoms with van der Waals surface area (Å²) in [7, 11) is 0. The summed E-state index contributed by atoms with van der Waals surface area (Å²) in [6.45, 7) is 5.39. The Morgan fingerprint density at radius 3 is 2.63 bits per heavy atom. The van der Waals surface area contributed by atoms with Gasteiger partial charge in [-0.1, -0.05) is 49.3 Å². The number of hydrogen-bond acceptors (Lipinski definition) is 4. The van der Waals surface area contributed by atoms with Crippen molar-refractivity contribution in [3.05, 3.63) is 101 Å². The number of carbonyl (C=O) groups excluding carboxylic acids is 1. The summed E-state index contributed by atoms with van der Waals surface area (Å²) in [5.41, 5.74) is 11.4. The van der Waals surface area contributed by atoms with Crippen LogP contribution in [0.4, 0.5) is 0 Å². The molecule has 1 unspecified atom stereocenters. The highest BCUT2D eigenvalue weighted by Gasteiger charge is 2.19. The molecule has 2 aromatic heterocycles. The standard InChI is InChI=1S/C28H31N5O2/c1-3-19(2)23-8-5-9-25-24(23)17-26(28(34)31-15-12-20-10-13-30-14-11-20)33(25)18-21-6-4-7-22(16-21)27(29)32-35/h4-11,13-14,16-17,19,35H,3,12,15,18H2,1-2H3,(H2,29,32)(H,31,34). The average molecular weight is 470 g/mol. The number of nitrogens with two attached hydrogens (primary N) is 1. The number of aromatic nitrogens is 2. The van der Waals surface area contributed by atoms with Gasteiger partial charge in [0.15, 0.2) is 5.84 Å². The lowest BCUT2D eigenvalue weighted by Crippen LogP contribution is -2.28. The maximum absolute atomic E-state index is 13.4. The van der Waals surface area contributed by atoms with Gasteiger partial charge in [0, 0.05) is 41.9 Å². The number of benzene rings is 2. The monoisotopic (exact) mass is 469 g/mol. The predicted molar refractivity (Wildman–Crippen MR) is 139 cm³/mol. The number of amidine groups is 1. The van der Waals surface area contributed by atoms with Crippen molar-refractivity contribution in [2.45, 2.75) is 39.2 Å². The Labute approximate surface area is 205 Å². The van der Waals surface area contributed by atoms with Crippen LogP contribution in [-0.2, 0) is 13.0 Å². The van der Waals surface area contributed by atoms with Crippen molar-refractivity contribution >= 4 is 22.6 Å². The highest BCUT2D eigenvalue weighted by Crippen LogP contribution is 2.31. The molecule has 0 aliphatic heterocycles. The van der Waals surface area contributed by atoms with Gasteiger partial charge in [-0.2, -0.15) is 0 Å². The molecular weight excluding hydrogens is 438 g/mol. The highest BCUT2D eigenvalue weighted by molar-refractivity contribution is 6.00. The van der Waals surface area contributed by atoms with E-state index in [4.69, 9.17) is 10.9 Å². The molecule has 0 saturated heterocycles. The second-order valence-corrected chi connectivity index (χ2v) is 8.75. The topological polar surface area (TPSA) is 106 Å². The molecule has 4 rings (SSSR count). The summed E-state index contributed by atoms with van der Waals surface area (Å²) in [6, 6.07) is 19.7. The molecule has 0 aliphatic carbocycles. The Balaban J connectivity index is 1.70. The normalized spacial score (nSPS) is 12.6. The summed E-state index contributed by atoms with van der Waals surface area (Å²) in [6.07, 6.45) is 5.26. The van der Waals surface area contributed by atoms with Crippen LogP contribution < -0.4 is 11.1 Å². The lowest BCUT2D eigenvalue weighted by atomic mass is 9.95. The van der Waals surface area contributed by atoms with Crippen molar-refractivity contribution < 1.29 is 10.0 Å². The first-order valence-electron chi connectivity index (χ1n) is 11.9. The van der Waals surface area contributed by atoms with E-state index in [-0.39, 0.29) is 11.7 Å². The van der Waals surface area contributed by atoms with Gasteiger partial charge in [0.25, 0.3) is 5.91 Å². The zero-order valence-corrected chi connectivity index (χ0v) is 20.1. The number of fused-ring (bicyclic) bond motifs is 1. The number of rotatable bonds is 9. The number of amides is 1. The van der Waals surface area contributed by atoms with E-state index in [0.29, 0.717) is 30.3 Å². The molecule has 7 nitrogen and oxygen atoms in total. The van der Waals surface area contributed by atoms with Crippen LogP contribution in [0.5, 0.6) is 0 Å². The van der Waals surface area contributed by atoms with Crippen LogP contribution in [0.1, 0.15) is 58.9 Å². The molecule has 2 heterocycles. The summed E-state index contributed by atoms with van der Waals surface area (Å²) in [4.78, 5) is 17.4. The second kappa shape index (κ2) is 10.9. The molecule has 4 N–H and O–H groups in total. The molecule has 2 aromatic carbocycles. The smallest absolute Gasteiger partial charge is 0.267 e. The zero-order chi connectivity index (χ0) is 24.8. The Morgan fingerprint density at radius 2 is 1.89 bits per heavy atom. The van der Waals surface area contributed by atoms with Crippen molar-refractivity contribution in [3.63, 3.8) is 0 Å². The van der Waals surface area contributed by atoms with Crippen LogP contribution in [-0.4, -0.2) is 33.0 Å². The third-order valence-corrected chi connectivity index (χ3v) is 6.48. The van der Waals surface area contributed by atoms with Gasteiger partial charge in [-0.05, 0) is 65.8 Å². The predicted octanol–water partition coefficient (Wildman–Crippen LogP) is 4.67. The van der Waals surface area contributed by atoms with E-state index < -0.39 is 0 Å². The van der Waals surface area contributed by atoms with Gasteiger partial charge in [-0.3, -0.25) is 9.78 Å². The summed E-state index contributed by atoms with van der Waals surface area (Å²) < 4.78 is 2.05. The fraction of sp³-hybridized carbons (Fsp3) is 0.250. The highest BCUT2D eigenvalue weighted by atomic mass is 16.4. The lowest BCUT2D eigenvalue weighted by molar-refractivity contribution is 0.0945. The first-order chi connectivity index (χ1) is 17.0. The molecule has 4 aromatic rings. The van der Waals surface area contributed by atoms with Crippen molar-refractivity contribution in [2.75, 3.05) is 6.54 Å². The van der Waals surface area contributed by atoms with Crippen LogP contribution in [0, 0.1) is 0 Å². The Bertz CT molecular complexity index is 1340. The van der Waals surface area contributed by atoms with E-state index in [1.54, 1.807) is 18.5 Å². The van der Waals surface area contributed by atoms with Crippen molar-refractivity contribution in [1.82, 2.24) is 14.9 Å². The molecule has 35 heavy (non-hydrogen) atoms. The summed E-state index contributed by atoms with van der Waals surface area (Å²) in [5.74, 6) is 0.316. The molecule has 0 bridgehead atoms. The minimum atomic E-state index is -0.113. The fourth-order valence-electron chi connectivity index (χ4n) is 4.35. The Hall–Kier alpha value is -4.13. The molecule has 0 saturated carbocycles. The lowest BCUT2D eigenvalue weighted by Gasteiger charge is -2.14. The van der Waals surface area contributed by atoms with Gasteiger partial charge in [-0.25, -0.2) is 0 Å².